The van der Waals surface area contributed by atoms with Crippen LogP contribution >= 0.6 is 0 Å². The third-order valence-electron chi connectivity index (χ3n) is 4.90. The number of methoxy groups -OCH3 is 1. The number of benzene rings is 1. The summed E-state index contributed by atoms with van der Waals surface area (Å²) in [7, 11) is 1.64. The van der Waals surface area contributed by atoms with Gasteiger partial charge in [0, 0.05) is 26.1 Å². The van der Waals surface area contributed by atoms with Crippen LogP contribution < -0.4 is 15.4 Å². The van der Waals surface area contributed by atoms with Gasteiger partial charge in [0.25, 0.3) is 0 Å². The quantitative estimate of drug-likeness (QED) is 0.480. The maximum atomic E-state index is 13.9. The molecular formula is C21H31FN6O2. The van der Waals surface area contributed by atoms with Gasteiger partial charge in [-0.1, -0.05) is 19.1 Å². The Hall–Kier alpha value is -2.68. The van der Waals surface area contributed by atoms with E-state index in [1.807, 2.05) is 18.5 Å². The summed E-state index contributed by atoms with van der Waals surface area (Å²) in [6.07, 6.45) is 2.31. The first-order chi connectivity index (χ1) is 14.6. The van der Waals surface area contributed by atoms with Gasteiger partial charge in [-0.15, -0.1) is 0 Å². The number of rotatable bonds is 9. The van der Waals surface area contributed by atoms with E-state index in [-0.39, 0.29) is 23.7 Å². The number of hydrogen-bond acceptors (Lipinski definition) is 5. The fourth-order valence-electron chi connectivity index (χ4n) is 3.34. The first kappa shape index (κ1) is 22.0. The molecule has 1 aliphatic rings. The van der Waals surface area contributed by atoms with E-state index in [1.165, 1.54) is 6.07 Å². The van der Waals surface area contributed by atoms with E-state index in [2.05, 4.69) is 25.7 Å². The number of guanidine groups is 1. The van der Waals surface area contributed by atoms with Gasteiger partial charge in [-0.2, -0.15) is 5.10 Å². The summed E-state index contributed by atoms with van der Waals surface area (Å²) in [4.78, 5) is 9.19. The molecule has 2 N–H and O–H groups in total. The van der Waals surface area contributed by atoms with Gasteiger partial charge < -0.3 is 20.1 Å². The molecule has 1 aliphatic heterocycles. The Kier molecular flexibility index (Phi) is 8.01. The highest BCUT2D eigenvalue weighted by molar-refractivity contribution is 5.80. The largest absolute Gasteiger partial charge is 0.485 e. The van der Waals surface area contributed by atoms with Crippen molar-refractivity contribution in [3.63, 3.8) is 0 Å². The second-order valence-electron chi connectivity index (χ2n) is 7.24. The van der Waals surface area contributed by atoms with Crippen LogP contribution in [0.15, 0.2) is 29.3 Å². The molecule has 164 valence electrons. The molecule has 0 amide bonds. The molecule has 0 spiro atoms. The van der Waals surface area contributed by atoms with Gasteiger partial charge in [0.05, 0.1) is 13.1 Å². The third kappa shape index (κ3) is 5.91. The third-order valence-corrected chi connectivity index (χ3v) is 4.90. The molecule has 2 heterocycles. The van der Waals surface area contributed by atoms with Crippen LogP contribution in [-0.4, -0.2) is 53.1 Å². The lowest BCUT2D eigenvalue weighted by Gasteiger charge is -2.25. The summed E-state index contributed by atoms with van der Waals surface area (Å²) < 4.78 is 26.8. The van der Waals surface area contributed by atoms with Gasteiger partial charge in [-0.05, 0) is 31.9 Å². The molecule has 0 fully saturated rings. The monoisotopic (exact) mass is 418 g/mol. The van der Waals surface area contributed by atoms with Crippen LogP contribution in [0.25, 0.3) is 0 Å². The minimum atomic E-state index is -0.358. The molecule has 8 nitrogen and oxygen atoms in total. The highest BCUT2D eigenvalue weighted by Gasteiger charge is 2.22. The Bertz CT molecular complexity index is 841. The molecule has 2 atom stereocenters. The Labute approximate surface area is 176 Å². The molecule has 1 aromatic heterocycles. The lowest BCUT2D eigenvalue weighted by molar-refractivity contribution is 0.177. The number of fused-ring (bicyclic) bond motifs is 1. The minimum absolute atomic E-state index is 0.194. The van der Waals surface area contributed by atoms with E-state index < -0.39 is 0 Å². The topological polar surface area (TPSA) is 85.6 Å². The van der Waals surface area contributed by atoms with Gasteiger partial charge in [-0.25, -0.2) is 19.0 Å². The first-order valence-electron chi connectivity index (χ1n) is 10.5. The molecule has 2 aromatic rings. The zero-order valence-corrected chi connectivity index (χ0v) is 17.9. The summed E-state index contributed by atoms with van der Waals surface area (Å²) in [6, 6.07) is 6.65. The fraction of sp³-hybridized carbons (Fsp3) is 0.571. The molecular weight excluding hydrogens is 387 g/mol. The molecule has 0 bridgehead atoms. The van der Waals surface area contributed by atoms with Crippen molar-refractivity contribution < 1.29 is 13.9 Å². The maximum absolute atomic E-state index is 13.9. The van der Waals surface area contributed by atoms with E-state index in [0.29, 0.717) is 19.0 Å². The van der Waals surface area contributed by atoms with Crippen molar-refractivity contribution in [1.29, 1.82) is 0 Å². The molecule has 3 rings (SSSR count). The minimum Gasteiger partial charge on any atom is -0.485 e. The second-order valence-corrected chi connectivity index (χ2v) is 7.24. The number of nitrogens with one attached hydrogen (secondary N) is 2. The predicted octanol–water partition coefficient (Wildman–Crippen LogP) is 2.29. The number of nitrogens with zero attached hydrogens (tertiary/aromatic N) is 4. The number of aliphatic imine (C=N–C) groups is 1. The fourth-order valence-corrected chi connectivity index (χ4v) is 3.34. The Balaban J connectivity index is 1.60. The SMILES string of the molecule is CCNC(=NCC(CC)Oc1ccccc1F)NC1CCc2nc(COC)nn2C1. The van der Waals surface area contributed by atoms with E-state index in [4.69, 9.17) is 9.47 Å². The van der Waals surface area contributed by atoms with Gasteiger partial charge in [-0.3, -0.25) is 0 Å². The summed E-state index contributed by atoms with van der Waals surface area (Å²) in [5.74, 6) is 2.33. The highest BCUT2D eigenvalue weighted by atomic mass is 19.1. The number of halogens is 1. The lowest BCUT2D eigenvalue weighted by atomic mass is 10.1. The Morgan fingerprint density at radius 3 is 2.93 bits per heavy atom. The highest BCUT2D eigenvalue weighted by Crippen LogP contribution is 2.18. The van der Waals surface area contributed by atoms with Crippen LogP contribution in [0.1, 0.15) is 38.3 Å². The molecule has 0 saturated carbocycles. The standard InChI is InChI=1S/C21H31FN6O2/c1-4-16(30-18-9-7-6-8-17(18)22)12-24-21(23-5-2)25-15-10-11-20-26-19(14-29-3)27-28(20)13-15/h6-9,15-16H,4-5,10-14H2,1-3H3,(H2,23,24,25). The lowest BCUT2D eigenvalue weighted by Crippen LogP contribution is -2.47. The molecule has 1 aromatic carbocycles. The zero-order chi connectivity index (χ0) is 21.3. The molecule has 0 radical (unpaired) electrons. The Morgan fingerprint density at radius 2 is 2.20 bits per heavy atom. The summed E-state index contributed by atoms with van der Waals surface area (Å²) >= 11 is 0. The van der Waals surface area contributed by atoms with Gasteiger partial charge in [0.15, 0.2) is 23.4 Å². The van der Waals surface area contributed by atoms with Crippen molar-refractivity contribution in [3.8, 4) is 5.75 Å². The van der Waals surface area contributed by atoms with Crippen LogP contribution in [0.4, 0.5) is 4.39 Å². The van der Waals surface area contributed by atoms with Crippen LogP contribution in [0, 0.1) is 5.82 Å². The molecule has 2 unspecified atom stereocenters. The molecule has 0 saturated heterocycles. The van der Waals surface area contributed by atoms with Crippen LogP contribution in [0.2, 0.25) is 0 Å². The van der Waals surface area contributed by atoms with E-state index in [9.17, 15) is 4.39 Å². The molecule has 30 heavy (non-hydrogen) atoms. The van der Waals surface area contributed by atoms with E-state index >= 15 is 0 Å². The summed E-state index contributed by atoms with van der Waals surface area (Å²) in [5, 5.41) is 11.3. The van der Waals surface area contributed by atoms with Crippen molar-refractivity contribution in [1.82, 2.24) is 25.4 Å². The number of aromatic nitrogens is 3. The van der Waals surface area contributed by atoms with Crippen LogP contribution in [-0.2, 0) is 24.3 Å². The smallest absolute Gasteiger partial charge is 0.191 e. The van der Waals surface area contributed by atoms with Crippen molar-refractivity contribution in [2.24, 2.45) is 4.99 Å². The summed E-state index contributed by atoms with van der Waals surface area (Å²) in [5.41, 5.74) is 0. The predicted molar refractivity (Wildman–Crippen MR) is 113 cm³/mol. The van der Waals surface area contributed by atoms with Gasteiger partial charge in [0.1, 0.15) is 18.5 Å². The van der Waals surface area contributed by atoms with E-state index in [1.54, 1.807) is 25.3 Å². The normalized spacial score (nSPS) is 17.3. The van der Waals surface area contributed by atoms with Gasteiger partial charge in [0.2, 0.25) is 0 Å². The number of ether oxygens (including phenoxy) is 2. The van der Waals surface area contributed by atoms with Crippen molar-refractivity contribution in [2.75, 3.05) is 20.2 Å². The number of aryl methyl sites for hydroxylation is 1. The average Bonchev–Trinajstić information content (AvgIpc) is 3.14. The van der Waals surface area contributed by atoms with Crippen molar-refractivity contribution >= 4 is 5.96 Å². The van der Waals surface area contributed by atoms with Crippen LogP contribution in [0.5, 0.6) is 5.75 Å². The summed E-state index contributed by atoms with van der Waals surface area (Å²) in [6.45, 7) is 6.35. The maximum Gasteiger partial charge on any atom is 0.191 e. The van der Waals surface area contributed by atoms with Crippen molar-refractivity contribution in [3.05, 3.63) is 41.7 Å². The Morgan fingerprint density at radius 1 is 1.37 bits per heavy atom. The second kappa shape index (κ2) is 10.9. The number of para-hydroxylation sites is 1. The van der Waals surface area contributed by atoms with Crippen LogP contribution in [0.3, 0.4) is 0 Å². The number of hydrogen-bond donors (Lipinski definition) is 2. The molecule has 0 aliphatic carbocycles. The van der Waals surface area contributed by atoms with Crippen molar-refractivity contribution in [2.45, 2.75) is 58.4 Å². The molecule has 9 heteroatoms. The average molecular weight is 419 g/mol. The van der Waals surface area contributed by atoms with Gasteiger partial charge >= 0.3 is 0 Å². The zero-order valence-electron chi connectivity index (χ0n) is 17.9. The first-order valence-corrected chi connectivity index (χ1v) is 10.5. The van der Waals surface area contributed by atoms with E-state index in [0.717, 1.165) is 44.1 Å².